The molecule has 8 nitrogen and oxygen atoms in total. The number of carbonyl (C=O) groups excluding carboxylic acids is 2. The normalized spacial score (nSPS) is 15.4. The lowest BCUT2D eigenvalue weighted by atomic mass is 9.86. The Kier molecular flexibility index (Phi) is 8.24. The van der Waals surface area contributed by atoms with Crippen molar-refractivity contribution in [2.45, 2.75) is 66.8 Å². The molecule has 0 atom stereocenters. The molecule has 0 unspecified atom stereocenters. The van der Waals surface area contributed by atoms with E-state index >= 15 is 0 Å². The molecule has 0 radical (unpaired) electrons. The van der Waals surface area contributed by atoms with Crippen molar-refractivity contribution in [3.63, 3.8) is 0 Å². The van der Waals surface area contributed by atoms with Crippen LogP contribution in [0.15, 0.2) is 12.1 Å². The van der Waals surface area contributed by atoms with E-state index in [2.05, 4.69) is 24.1 Å². The van der Waals surface area contributed by atoms with Crippen LogP contribution in [0.2, 0.25) is 0 Å². The predicted molar refractivity (Wildman–Crippen MR) is 125 cm³/mol. The Bertz CT molecular complexity index is 976. The molecular formula is C25H36N4O4. The molecule has 33 heavy (non-hydrogen) atoms. The van der Waals surface area contributed by atoms with Crippen molar-refractivity contribution in [2.24, 2.45) is 5.41 Å². The van der Waals surface area contributed by atoms with Gasteiger partial charge in [-0.05, 0) is 52.2 Å². The fourth-order valence-corrected chi connectivity index (χ4v) is 4.15. The summed E-state index contributed by atoms with van der Waals surface area (Å²) in [5.74, 6) is -0.438. The summed E-state index contributed by atoms with van der Waals surface area (Å²) < 4.78 is 13.1. The van der Waals surface area contributed by atoms with Gasteiger partial charge in [-0.1, -0.05) is 13.8 Å². The van der Waals surface area contributed by atoms with Crippen LogP contribution < -0.4 is 5.32 Å². The number of aryl methyl sites for hydroxylation is 3. The van der Waals surface area contributed by atoms with Gasteiger partial charge in [0, 0.05) is 55.1 Å². The zero-order valence-electron chi connectivity index (χ0n) is 20.5. The van der Waals surface area contributed by atoms with Crippen LogP contribution >= 0.6 is 0 Å². The first-order chi connectivity index (χ1) is 15.7. The Morgan fingerprint density at radius 1 is 1.21 bits per heavy atom. The highest BCUT2D eigenvalue weighted by Gasteiger charge is 2.29. The van der Waals surface area contributed by atoms with Gasteiger partial charge in [0.05, 0.1) is 17.9 Å². The van der Waals surface area contributed by atoms with Crippen LogP contribution in [0.3, 0.4) is 0 Å². The van der Waals surface area contributed by atoms with E-state index in [1.54, 1.807) is 16.8 Å². The molecule has 2 aromatic rings. The fourth-order valence-electron chi connectivity index (χ4n) is 4.15. The molecule has 1 amide bonds. The Balaban J connectivity index is 1.78. The van der Waals surface area contributed by atoms with E-state index in [4.69, 9.17) is 14.6 Å². The zero-order chi connectivity index (χ0) is 24.0. The first-order valence-corrected chi connectivity index (χ1v) is 11.8. The van der Waals surface area contributed by atoms with E-state index in [9.17, 15) is 9.59 Å². The molecule has 0 aliphatic carbocycles. The summed E-state index contributed by atoms with van der Waals surface area (Å²) >= 11 is 0. The number of nitrogens with zero attached hydrogens (tertiary/aromatic N) is 3. The van der Waals surface area contributed by atoms with Crippen molar-refractivity contribution in [1.82, 2.24) is 20.1 Å². The van der Waals surface area contributed by atoms with Gasteiger partial charge in [0.1, 0.15) is 5.69 Å². The third-order valence-corrected chi connectivity index (χ3v) is 5.67. The van der Waals surface area contributed by atoms with Crippen LogP contribution in [-0.2, 0) is 28.9 Å². The van der Waals surface area contributed by atoms with Gasteiger partial charge in [0.15, 0.2) is 0 Å². The van der Waals surface area contributed by atoms with Gasteiger partial charge in [0.25, 0.3) is 5.91 Å². The van der Waals surface area contributed by atoms with E-state index in [0.29, 0.717) is 44.0 Å². The lowest BCUT2D eigenvalue weighted by molar-refractivity contribution is 0.0339. The first kappa shape index (κ1) is 24.9. The van der Waals surface area contributed by atoms with Crippen LogP contribution in [-0.4, -0.2) is 53.0 Å². The summed E-state index contributed by atoms with van der Waals surface area (Å²) in [7, 11) is 0. The second kappa shape index (κ2) is 10.9. The number of rotatable bonds is 6. The van der Waals surface area contributed by atoms with Crippen LogP contribution in [0.1, 0.15) is 77.1 Å². The molecule has 0 spiro atoms. The van der Waals surface area contributed by atoms with Crippen molar-refractivity contribution in [2.75, 3.05) is 26.4 Å². The minimum atomic E-state index is -0.355. The largest absolute Gasteiger partial charge is 0.462 e. The second-order valence-electron chi connectivity index (χ2n) is 9.47. The number of aromatic nitrogens is 3. The number of amides is 1. The summed E-state index contributed by atoms with van der Waals surface area (Å²) in [5, 5.41) is 7.79. The van der Waals surface area contributed by atoms with Gasteiger partial charge in [-0.15, -0.1) is 0 Å². The average Bonchev–Trinajstić information content (AvgIpc) is 3.07. The van der Waals surface area contributed by atoms with E-state index < -0.39 is 0 Å². The van der Waals surface area contributed by atoms with Crippen LogP contribution in [0.5, 0.6) is 0 Å². The van der Waals surface area contributed by atoms with Crippen molar-refractivity contribution in [1.29, 1.82) is 0 Å². The molecule has 1 aliphatic rings. The molecule has 1 N–H and O–H groups in total. The van der Waals surface area contributed by atoms with Gasteiger partial charge >= 0.3 is 5.97 Å². The molecule has 0 saturated carbocycles. The van der Waals surface area contributed by atoms with Gasteiger partial charge < -0.3 is 14.8 Å². The Labute approximate surface area is 196 Å². The average molecular weight is 457 g/mol. The number of esters is 1. The van der Waals surface area contributed by atoms with Crippen molar-refractivity contribution >= 4 is 11.9 Å². The highest BCUT2D eigenvalue weighted by Crippen LogP contribution is 2.27. The maximum atomic E-state index is 12.9. The summed E-state index contributed by atoms with van der Waals surface area (Å²) in [6, 6.07) is 3.48. The van der Waals surface area contributed by atoms with E-state index in [0.717, 1.165) is 41.9 Å². The number of fused-ring (bicyclic) bond motifs is 1. The maximum absolute atomic E-state index is 12.9. The Morgan fingerprint density at radius 2 is 1.91 bits per heavy atom. The molecule has 1 aliphatic heterocycles. The maximum Gasteiger partial charge on any atom is 0.338 e. The molecule has 180 valence electrons. The minimum absolute atomic E-state index is 0.0832. The Hall–Kier alpha value is -2.74. The molecule has 0 fully saturated rings. The quantitative estimate of drug-likeness (QED) is 0.669. The molecule has 0 saturated heterocycles. The SMILES string of the molecule is CCn1nc(CC(C)(C)COC(=O)c2cc(C)nc(C)c2)c2c1C(=O)NCCCOCCC2. The summed E-state index contributed by atoms with van der Waals surface area (Å²) in [6.07, 6.45) is 2.95. The lowest BCUT2D eigenvalue weighted by Gasteiger charge is -2.24. The lowest BCUT2D eigenvalue weighted by Crippen LogP contribution is -2.28. The summed E-state index contributed by atoms with van der Waals surface area (Å²) in [6.45, 7) is 12.6. The van der Waals surface area contributed by atoms with Gasteiger partial charge in [0.2, 0.25) is 0 Å². The summed E-state index contributed by atoms with van der Waals surface area (Å²) in [4.78, 5) is 29.9. The predicted octanol–water partition coefficient (Wildman–Crippen LogP) is 3.42. The second-order valence-corrected chi connectivity index (χ2v) is 9.47. The Morgan fingerprint density at radius 3 is 2.61 bits per heavy atom. The van der Waals surface area contributed by atoms with E-state index in [-0.39, 0.29) is 23.9 Å². The minimum Gasteiger partial charge on any atom is -0.462 e. The zero-order valence-corrected chi connectivity index (χ0v) is 20.5. The van der Waals surface area contributed by atoms with Gasteiger partial charge in [-0.2, -0.15) is 5.10 Å². The number of hydrogen-bond donors (Lipinski definition) is 1. The highest BCUT2D eigenvalue weighted by atomic mass is 16.5. The third kappa shape index (κ3) is 6.63. The molecule has 2 aromatic heterocycles. The van der Waals surface area contributed by atoms with Crippen molar-refractivity contribution < 1.29 is 19.1 Å². The molecule has 0 aromatic carbocycles. The molecule has 3 heterocycles. The number of ether oxygens (including phenoxy) is 2. The molecular weight excluding hydrogens is 420 g/mol. The molecule has 0 bridgehead atoms. The third-order valence-electron chi connectivity index (χ3n) is 5.67. The van der Waals surface area contributed by atoms with Crippen LogP contribution in [0.25, 0.3) is 0 Å². The van der Waals surface area contributed by atoms with Gasteiger partial charge in [-0.25, -0.2) is 4.79 Å². The number of nitrogens with one attached hydrogen (secondary N) is 1. The van der Waals surface area contributed by atoms with E-state index in [1.165, 1.54) is 0 Å². The monoisotopic (exact) mass is 456 g/mol. The molecule has 3 rings (SSSR count). The standard InChI is InChI=1S/C25H36N4O4/c1-6-29-22-20(9-7-11-32-12-8-10-26-23(22)30)21(28-29)15-25(4,5)16-33-24(31)19-13-17(2)27-18(3)14-19/h13-14H,6-12,15-16H2,1-5H3,(H,26,30). The van der Waals surface area contributed by atoms with E-state index in [1.807, 2.05) is 20.8 Å². The summed E-state index contributed by atoms with van der Waals surface area (Å²) in [5.41, 5.74) is 4.23. The highest BCUT2D eigenvalue weighted by molar-refractivity contribution is 5.94. The number of carbonyl (C=O) groups is 2. The van der Waals surface area contributed by atoms with Gasteiger partial charge in [-0.3, -0.25) is 14.5 Å². The van der Waals surface area contributed by atoms with Crippen LogP contribution in [0.4, 0.5) is 0 Å². The fraction of sp³-hybridized carbons (Fsp3) is 0.600. The van der Waals surface area contributed by atoms with Crippen LogP contribution in [0, 0.1) is 19.3 Å². The van der Waals surface area contributed by atoms with Crippen molar-refractivity contribution in [3.05, 3.63) is 46.0 Å². The topological polar surface area (TPSA) is 95.3 Å². The number of pyridine rings is 1. The van der Waals surface area contributed by atoms with Crippen molar-refractivity contribution in [3.8, 4) is 0 Å². The molecule has 8 heteroatoms. The number of hydrogen-bond acceptors (Lipinski definition) is 6. The smallest absolute Gasteiger partial charge is 0.338 e. The first-order valence-electron chi connectivity index (χ1n) is 11.8.